The number of ether oxygens (including phenoxy) is 1. The molecule has 1 aromatic rings. The number of aryl methyl sites for hydroxylation is 1. The zero-order chi connectivity index (χ0) is 13.3. The van der Waals surface area contributed by atoms with Crippen molar-refractivity contribution in [3.63, 3.8) is 0 Å². The lowest BCUT2D eigenvalue weighted by atomic mass is 10.1. The zero-order valence-electron chi connectivity index (χ0n) is 11.1. The lowest BCUT2D eigenvalue weighted by molar-refractivity contribution is -0.0260. The van der Waals surface area contributed by atoms with Crippen molar-refractivity contribution >= 4 is 5.91 Å². The van der Waals surface area contributed by atoms with Gasteiger partial charge >= 0.3 is 0 Å². The molecule has 0 aliphatic carbocycles. The summed E-state index contributed by atoms with van der Waals surface area (Å²) in [6, 6.07) is 1.65. The number of nitrogens with one attached hydrogen (secondary N) is 1. The van der Waals surface area contributed by atoms with Gasteiger partial charge in [-0.15, -0.1) is 0 Å². The largest absolute Gasteiger partial charge is 0.389 e. The van der Waals surface area contributed by atoms with E-state index in [1.165, 1.54) is 0 Å². The smallest absolute Gasteiger partial charge is 0.253 e. The number of carbonyl (C=O) groups excluding carboxylic acids is 1. The fourth-order valence-electron chi connectivity index (χ4n) is 2.22. The average Bonchev–Trinajstić information content (AvgIpc) is 2.60. The Labute approximate surface area is 107 Å². The van der Waals surface area contributed by atoms with E-state index in [4.69, 9.17) is 4.74 Å². The lowest BCUT2D eigenvalue weighted by Gasteiger charge is -2.28. The number of aliphatic hydroxyl groups is 1. The number of carbonyl (C=O) groups is 1. The molecule has 0 aromatic carbocycles. The van der Waals surface area contributed by atoms with Gasteiger partial charge in [-0.05, 0) is 26.3 Å². The van der Waals surface area contributed by atoms with Crippen molar-refractivity contribution in [3.05, 3.63) is 23.0 Å². The first kappa shape index (κ1) is 13.1. The molecule has 5 heteroatoms. The molecule has 1 amide bonds. The Kier molecular flexibility index (Phi) is 3.73. The van der Waals surface area contributed by atoms with Crippen LogP contribution in [0.15, 0.2) is 6.07 Å². The van der Waals surface area contributed by atoms with Crippen LogP contribution in [-0.2, 0) is 11.8 Å². The normalized spacial score (nSPS) is 24.0. The van der Waals surface area contributed by atoms with Gasteiger partial charge in [0.05, 0.1) is 24.3 Å². The topological polar surface area (TPSA) is 63.5 Å². The molecule has 0 spiro atoms. The van der Waals surface area contributed by atoms with Gasteiger partial charge in [-0.25, -0.2) is 0 Å². The van der Waals surface area contributed by atoms with Gasteiger partial charge in [0, 0.05) is 25.0 Å². The van der Waals surface area contributed by atoms with Crippen molar-refractivity contribution in [2.45, 2.75) is 32.4 Å². The molecule has 5 nitrogen and oxygen atoms in total. The van der Waals surface area contributed by atoms with Crippen molar-refractivity contribution < 1.29 is 14.6 Å². The van der Waals surface area contributed by atoms with E-state index < -0.39 is 6.10 Å². The minimum atomic E-state index is -0.618. The Morgan fingerprint density at radius 3 is 2.83 bits per heavy atom. The summed E-state index contributed by atoms with van der Waals surface area (Å²) >= 11 is 0. The molecule has 1 aliphatic rings. The highest BCUT2D eigenvalue weighted by Gasteiger charge is 2.26. The van der Waals surface area contributed by atoms with Crippen LogP contribution in [0.4, 0.5) is 0 Å². The predicted molar refractivity (Wildman–Crippen MR) is 67.6 cm³/mol. The summed E-state index contributed by atoms with van der Waals surface area (Å²) in [5.74, 6) is -0.123. The molecule has 18 heavy (non-hydrogen) atoms. The molecule has 0 radical (unpaired) electrons. The second-order valence-corrected chi connectivity index (χ2v) is 4.85. The predicted octanol–water partition coefficient (Wildman–Crippen LogP) is 0.522. The number of amides is 1. The van der Waals surface area contributed by atoms with Crippen molar-refractivity contribution in [3.8, 4) is 0 Å². The Morgan fingerprint density at radius 1 is 1.56 bits per heavy atom. The molecule has 0 unspecified atom stereocenters. The third kappa shape index (κ3) is 2.42. The van der Waals surface area contributed by atoms with Gasteiger partial charge in [0.15, 0.2) is 0 Å². The quantitative estimate of drug-likeness (QED) is 0.806. The lowest BCUT2D eigenvalue weighted by Crippen LogP contribution is -2.48. The van der Waals surface area contributed by atoms with Crippen LogP contribution < -0.4 is 5.32 Å². The van der Waals surface area contributed by atoms with E-state index in [1.54, 1.807) is 0 Å². The maximum atomic E-state index is 12.2. The Balaban J connectivity index is 2.09. The van der Waals surface area contributed by atoms with Crippen LogP contribution in [0.25, 0.3) is 0 Å². The molecule has 0 bridgehead atoms. The van der Waals surface area contributed by atoms with Gasteiger partial charge in [0.1, 0.15) is 0 Å². The van der Waals surface area contributed by atoms with E-state index in [9.17, 15) is 9.90 Å². The number of rotatable bonds is 2. The minimum Gasteiger partial charge on any atom is -0.389 e. The van der Waals surface area contributed by atoms with Crippen LogP contribution in [0, 0.1) is 13.8 Å². The van der Waals surface area contributed by atoms with Gasteiger partial charge in [-0.3, -0.25) is 4.79 Å². The Hall–Kier alpha value is -1.33. The highest BCUT2D eigenvalue weighted by molar-refractivity contribution is 5.95. The van der Waals surface area contributed by atoms with E-state index in [0.29, 0.717) is 18.6 Å². The molecular weight excluding hydrogens is 232 g/mol. The Bertz CT molecular complexity index is 453. The maximum absolute atomic E-state index is 12.2. The van der Waals surface area contributed by atoms with Gasteiger partial charge in [0.2, 0.25) is 0 Å². The molecule has 100 valence electrons. The van der Waals surface area contributed by atoms with Gasteiger partial charge in [-0.1, -0.05) is 0 Å². The highest BCUT2D eigenvalue weighted by Crippen LogP contribution is 2.15. The number of hydrogen-bond acceptors (Lipinski definition) is 3. The van der Waals surface area contributed by atoms with Crippen molar-refractivity contribution in [2.75, 3.05) is 13.2 Å². The standard InChI is InChI=1S/C13H20N2O3/c1-8-6-10(9(2)15(8)3)13(17)14-11-4-5-18-7-12(11)16/h6,11-12,16H,4-5,7H2,1-3H3,(H,14,17)/t11-,12-/m1/s1. The molecule has 2 heterocycles. The highest BCUT2D eigenvalue weighted by atomic mass is 16.5. The third-order valence-electron chi connectivity index (χ3n) is 3.66. The Morgan fingerprint density at radius 2 is 2.28 bits per heavy atom. The average molecular weight is 252 g/mol. The van der Waals surface area contributed by atoms with Gasteiger partial charge in [-0.2, -0.15) is 0 Å². The molecule has 0 saturated carbocycles. The van der Waals surface area contributed by atoms with Crippen LogP contribution in [0.3, 0.4) is 0 Å². The van der Waals surface area contributed by atoms with Crippen LogP contribution in [0.5, 0.6) is 0 Å². The monoisotopic (exact) mass is 252 g/mol. The summed E-state index contributed by atoms with van der Waals surface area (Å²) in [5, 5.41) is 12.6. The first-order valence-electron chi connectivity index (χ1n) is 6.20. The zero-order valence-corrected chi connectivity index (χ0v) is 11.1. The molecular formula is C13H20N2O3. The third-order valence-corrected chi connectivity index (χ3v) is 3.66. The summed E-state index contributed by atoms with van der Waals surface area (Å²) < 4.78 is 7.12. The van der Waals surface area contributed by atoms with Gasteiger partial charge in [0.25, 0.3) is 5.91 Å². The molecule has 1 aliphatic heterocycles. The summed E-state index contributed by atoms with van der Waals surface area (Å²) in [6.07, 6.45) is 0.0328. The second-order valence-electron chi connectivity index (χ2n) is 4.85. The van der Waals surface area contributed by atoms with E-state index in [-0.39, 0.29) is 18.6 Å². The fraction of sp³-hybridized carbons (Fsp3) is 0.615. The van der Waals surface area contributed by atoms with E-state index >= 15 is 0 Å². The first-order chi connectivity index (χ1) is 8.50. The first-order valence-corrected chi connectivity index (χ1v) is 6.20. The SMILES string of the molecule is Cc1cc(C(=O)N[C@@H]2CCOC[C@H]2O)c(C)n1C. The van der Waals surface area contributed by atoms with Crippen LogP contribution in [0.2, 0.25) is 0 Å². The van der Waals surface area contributed by atoms with Crippen molar-refractivity contribution in [1.82, 2.24) is 9.88 Å². The van der Waals surface area contributed by atoms with Crippen LogP contribution >= 0.6 is 0 Å². The second kappa shape index (κ2) is 5.12. The molecule has 1 saturated heterocycles. The summed E-state index contributed by atoms with van der Waals surface area (Å²) in [7, 11) is 1.94. The van der Waals surface area contributed by atoms with Crippen LogP contribution in [0.1, 0.15) is 28.2 Å². The van der Waals surface area contributed by atoms with Crippen LogP contribution in [-0.4, -0.2) is 40.9 Å². The number of aliphatic hydroxyl groups excluding tert-OH is 1. The molecule has 1 fully saturated rings. The fourth-order valence-corrected chi connectivity index (χ4v) is 2.22. The van der Waals surface area contributed by atoms with E-state index in [0.717, 1.165) is 11.4 Å². The molecule has 1 aromatic heterocycles. The van der Waals surface area contributed by atoms with E-state index in [1.807, 2.05) is 31.5 Å². The maximum Gasteiger partial charge on any atom is 0.253 e. The minimum absolute atomic E-state index is 0.123. The summed E-state index contributed by atoms with van der Waals surface area (Å²) in [4.78, 5) is 12.2. The molecule has 2 rings (SSSR count). The van der Waals surface area contributed by atoms with E-state index in [2.05, 4.69) is 5.32 Å². The number of nitrogens with zero attached hydrogens (tertiary/aromatic N) is 1. The van der Waals surface area contributed by atoms with Gasteiger partial charge < -0.3 is 19.7 Å². The number of aromatic nitrogens is 1. The number of hydrogen-bond donors (Lipinski definition) is 2. The van der Waals surface area contributed by atoms with Crippen molar-refractivity contribution in [2.24, 2.45) is 7.05 Å². The summed E-state index contributed by atoms with van der Waals surface area (Å²) in [6.45, 7) is 4.75. The van der Waals surface area contributed by atoms with Crippen molar-refractivity contribution in [1.29, 1.82) is 0 Å². The molecule has 2 atom stereocenters. The molecule has 2 N–H and O–H groups in total. The summed E-state index contributed by atoms with van der Waals surface area (Å²) in [5.41, 5.74) is 2.66.